The molecule has 0 amide bonds. The van der Waals surface area contributed by atoms with Crippen molar-refractivity contribution in [3.8, 4) is 0 Å². The summed E-state index contributed by atoms with van der Waals surface area (Å²) in [5, 5.41) is 0. The molecule has 1 atom stereocenters. The lowest BCUT2D eigenvalue weighted by atomic mass is 9.99. The Hall–Kier alpha value is -1.34. The molecule has 0 fully saturated rings. The molecule has 0 N–H and O–H groups in total. The van der Waals surface area contributed by atoms with Crippen LogP contribution in [0.15, 0.2) is 42.5 Å². The molecule has 0 spiro atoms. The Morgan fingerprint density at radius 3 is 2.59 bits per heavy atom. The summed E-state index contributed by atoms with van der Waals surface area (Å²) in [6, 6.07) is 6.37. The fourth-order valence-corrected chi connectivity index (χ4v) is 1.76. The third-order valence-corrected chi connectivity index (χ3v) is 2.93. The summed E-state index contributed by atoms with van der Waals surface area (Å²) in [6.45, 7) is 8.97. The molecule has 1 rings (SSSR count). The van der Waals surface area contributed by atoms with E-state index >= 15 is 0 Å². The van der Waals surface area contributed by atoms with Gasteiger partial charge in [-0.1, -0.05) is 42.5 Å². The van der Waals surface area contributed by atoms with Gasteiger partial charge in [-0.25, -0.2) is 0 Å². The van der Waals surface area contributed by atoms with Gasteiger partial charge in [0.15, 0.2) is 0 Å². The number of ether oxygens (including phenoxy) is 1. The van der Waals surface area contributed by atoms with Gasteiger partial charge in [-0.05, 0) is 44.4 Å². The van der Waals surface area contributed by atoms with Crippen LogP contribution in [-0.4, -0.2) is 6.61 Å². The molecule has 1 heteroatoms. The molecule has 0 saturated carbocycles. The average Bonchev–Trinajstić information content (AvgIpc) is 2.32. The van der Waals surface area contributed by atoms with E-state index in [1.54, 1.807) is 0 Å². The van der Waals surface area contributed by atoms with E-state index in [4.69, 9.17) is 4.74 Å². The second-order valence-electron chi connectivity index (χ2n) is 4.14. The maximum atomic E-state index is 5.87. The highest BCUT2D eigenvalue weighted by atomic mass is 16.5. The van der Waals surface area contributed by atoms with E-state index in [2.05, 4.69) is 38.1 Å². The summed E-state index contributed by atoms with van der Waals surface area (Å²) in [5.41, 5.74) is 3.88. The Bertz CT molecular complexity index is 402. The molecule has 0 heterocycles. The first-order valence-corrected chi connectivity index (χ1v) is 6.12. The van der Waals surface area contributed by atoms with E-state index in [0.717, 1.165) is 0 Å². The van der Waals surface area contributed by atoms with Crippen molar-refractivity contribution in [2.24, 2.45) is 0 Å². The molecule has 0 aliphatic carbocycles. The normalized spacial score (nSPS) is 13.6. The zero-order valence-electron chi connectivity index (χ0n) is 11.2. The van der Waals surface area contributed by atoms with Crippen LogP contribution in [-0.2, 0) is 4.74 Å². The maximum Gasteiger partial charge on any atom is 0.101 e. The summed E-state index contributed by atoms with van der Waals surface area (Å²) in [7, 11) is 0. The zero-order chi connectivity index (χ0) is 12.7. The Balaban J connectivity index is 2.93. The van der Waals surface area contributed by atoms with E-state index in [9.17, 15) is 0 Å². The quantitative estimate of drug-likeness (QED) is 0.676. The van der Waals surface area contributed by atoms with Gasteiger partial charge < -0.3 is 4.74 Å². The summed E-state index contributed by atoms with van der Waals surface area (Å²) in [4.78, 5) is 0. The summed E-state index contributed by atoms with van der Waals surface area (Å²) in [6.07, 6.45) is 8.24. The molecule has 1 unspecified atom stereocenters. The predicted octanol–water partition coefficient (Wildman–Crippen LogP) is 4.51. The largest absolute Gasteiger partial charge is 0.365 e. The van der Waals surface area contributed by atoms with Crippen LogP contribution in [0.2, 0.25) is 0 Å². The topological polar surface area (TPSA) is 9.23 Å². The van der Waals surface area contributed by atoms with Gasteiger partial charge in [0.25, 0.3) is 0 Å². The summed E-state index contributed by atoms with van der Waals surface area (Å²) >= 11 is 0. The van der Waals surface area contributed by atoms with Crippen molar-refractivity contribution in [2.45, 2.75) is 33.8 Å². The van der Waals surface area contributed by atoms with Crippen molar-refractivity contribution in [3.63, 3.8) is 0 Å². The molecule has 1 nitrogen and oxygen atoms in total. The molecule has 1 aromatic carbocycles. The highest BCUT2D eigenvalue weighted by Gasteiger charge is 2.11. The van der Waals surface area contributed by atoms with Crippen LogP contribution in [0, 0.1) is 13.8 Å². The Labute approximate surface area is 105 Å². The Kier molecular flexibility index (Phi) is 5.71. The Morgan fingerprint density at radius 2 is 1.94 bits per heavy atom. The summed E-state index contributed by atoms with van der Waals surface area (Å²) < 4.78 is 5.87. The van der Waals surface area contributed by atoms with E-state index < -0.39 is 0 Å². The minimum absolute atomic E-state index is 0.0519. The zero-order valence-corrected chi connectivity index (χ0v) is 11.2. The fourth-order valence-electron chi connectivity index (χ4n) is 1.76. The number of hydrogen-bond acceptors (Lipinski definition) is 1. The molecule has 0 aromatic heterocycles. The molecule has 0 saturated heterocycles. The lowest BCUT2D eigenvalue weighted by Gasteiger charge is -2.17. The molecule has 0 aliphatic rings. The molecular formula is C16H22O. The molecule has 0 bridgehead atoms. The van der Waals surface area contributed by atoms with Crippen molar-refractivity contribution in [2.75, 3.05) is 6.61 Å². The van der Waals surface area contributed by atoms with Crippen molar-refractivity contribution in [3.05, 3.63) is 59.2 Å². The van der Waals surface area contributed by atoms with Crippen LogP contribution in [0.3, 0.4) is 0 Å². The summed E-state index contributed by atoms with van der Waals surface area (Å²) in [5.74, 6) is 0. The van der Waals surface area contributed by atoms with Gasteiger partial charge in [0, 0.05) is 0 Å². The molecular weight excluding hydrogens is 208 g/mol. The third-order valence-electron chi connectivity index (χ3n) is 2.93. The average molecular weight is 230 g/mol. The lowest BCUT2D eigenvalue weighted by Crippen LogP contribution is -2.04. The van der Waals surface area contributed by atoms with Crippen LogP contribution >= 0.6 is 0 Å². The first-order valence-electron chi connectivity index (χ1n) is 6.12. The highest BCUT2D eigenvalue weighted by molar-refractivity contribution is 5.36. The van der Waals surface area contributed by atoms with Crippen molar-refractivity contribution < 1.29 is 4.74 Å². The minimum Gasteiger partial charge on any atom is -0.365 e. The molecule has 0 radical (unpaired) electrons. The molecule has 0 aliphatic heterocycles. The van der Waals surface area contributed by atoms with Crippen molar-refractivity contribution in [1.82, 2.24) is 0 Å². The SMILES string of the molecule is C/C=C/COC(/C=C/C)c1cccc(C)c1C. The highest BCUT2D eigenvalue weighted by Crippen LogP contribution is 2.24. The van der Waals surface area contributed by atoms with Gasteiger partial charge in [0.05, 0.1) is 6.61 Å². The number of rotatable bonds is 5. The van der Waals surface area contributed by atoms with Gasteiger partial charge in [-0.3, -0.25) is 0 Å². The van der Waals surface area contributed by atoms with Gasteiger partial charge in [0.1, 0.15) is 6.10 Å². The first-order chi connectivity index (χ1) is 8.20. The number of benzene rings is 1. The molecule has 17 heavy (non-hydrogen) atoms. The van der Waals surface area contributed by atoms with E-state index in [1.807, 2.05) is 32.1 Å². The smallest absolute Gasteiger partial charge is 0.101 e. The van der Waals surface area contributed by atoms with Gasteiger partial charge in [0.2, 0.25) is 0 Å². The monoisotopic (exact) mass is 230 g/mol. The van der Waals surface area contributed by atoms with Crippen molar-refractivity contribution in [1.29, 1.82) is 0 Å². The van der Waals surface area contributed by atoms with Crippen LogP contribution in [0.25, 0.3) is 0 Å². The lowest BCUT2D eigenvalue weighted by molar-refractivity contribution is 0.109. The second-order valence-corrected chi connectivity index (χ2v) is 4.14. The standard InChI is InChI=1S/C16H22O/c1-5-7-12-17-16(9-6-2)15-11-8-10-13(3)14(15)4/h5-11,16H,12H2,1-4H3/b7-5+,9-6+. The van der Waals surface area contributed by atoms with Gasteiger partial charge in [-0.15, -0.1) is 0 Å². The molecule has 92 valence electrons. The minimum atomic E-state index is 0.0519. The third kappa shape index (κ3) is 3.86. The number of hydrogen-bond donors (Lipinski definition) is 0. The van der Waals surface area contributed by atoms with E-state index in [1.165, 1.54) is 16.7 Å². The van der Waals surface area contributed by atoms with Gasteiger partial charge in [-0.2, -0.15) is 0 Å². The van der Waals surface area contributed by atoms with E-state index in [0.29, 0.717) is 6.61 Å². The predicted molar refractivity (Wildman–Crippen MR) is 74.2 cm³/mol. The van der Waals surface area contributed by atoms with Crippen LogP contribution in [0.1, 0.15) is 36.6 Å². The van der Waals surface area contributed by atoms with Crippen molar-refractivity contribution >= 4 is 0 Å². The van der Waals surface area contributed by atoms with Gasteiger partial charge >= 0.3 is 0 Å². The second kappa shape index (κ2) is 7.08. The number of aryl methyl sites for hydroxylation is 1. The molecule has 1 aromatic rings. The Morgan fingerprint density at radius 1 is 1.18 bits per heavy atom. The maximum absolute atomic E-state index is 5.87. The van der Waals surface area contributed by atoms with Crippen LogP contribution < -0.4 is 0 Å². The van der Waals surface area contributed by atoms with E-state index in [-0.39, 0.29) is 6.10 Å². The fraction of sp³-hybridized carbons (Fsp3) is 0.375. The number of allylic oxidation sites excluding steroid dienone is 2. The first kappa shape index (κ1) is 13.7. The van der Waals surface area contributed by atoms with Crippen LogP contribution in [0.5, 0.6) is 0 Å². The van der Waals surface area contributed by atoms with Crippen LogP contribution in [0.4, 0.5) is 0 Å².